The van der Waals surface area contributed by atoms with Crippen molar-refractivity contribution in [3.05, 3.63) is 71.8 Å². The van der Waals surface area contributed by atoms with Gasteiger partial charge < -0.3 is 0 Å². The number of aryl methyl sites for hydroxylation is 1. The third-order valence-electron chi connectivity index (χ3n) is 6.13. The van der Waals surface area contributed by atoms with Crippen molar-refractivity contribution >= 4 is 17.7 Å². The maximum Gasteiger partial charge on any atom is 0.247 e. The molecule has 0 aliphatic heterocycles. The molecule has 3 N–H and O–H groups in total. The molecule has 2 aromatic carbocycles. The number of nitrogens with zero attached hydrogens (tertiary/aromatic N) is 1. The molecule has 3 amide bonds. The van der Waals surface area contributed by atoms with E-state index < -0.39 is 29.1 Å². The van der Waals surface area contributed by atoms with E-state index in [1.54, 1.807) is 26.3 Å². The quantitative estimate of drug-likeness (QED) is 0.305. The van der Waals surface area contributed by atoms with Crippen LogP contribution in [0.25, 0.3) is 0 Å². The van der Waals surface area contributed by atoms with Crippen LogP contribution in [0.2, 0.25) is 0 Å². The van der Waals surface area contributed by atoms with Gasteiger partial charge in [0.1, 0.15) is 0 Å². The molecule has 196 valence electrons. The molecule has 7 nitrogen and oxygen atoms in total. The monoisotopic (exact) mass is 495 g/mol. The fourth-order valence-electron chi connectivity index (χ4n) is 4.28. The second-order valence-corrected chi connectivity index (χ2v) is 10.8. The van der Waals surface area contributed by atoms with Crippen LogP contribution in [0.5, 0.6) is 0 Å². The minimum atomic E-state index is -0.732. The topological polar surface area (TPSA) is 98.7 Å². The van der Waals surface area contributed by atoms with Crippen molar-refractivity contribution in [1.29, 1.82) is 0 Å². The van der Waals surface area contributed by atoms with E-state index in [2.05, 4.69) is 5.43 Å². The van der Waals surface area contributed by atoms with E-state index in [1.807, 2.05) is 74.5 Å². The molecule has 0 heterocycles. The van der Waals surface area contributed by atoms with Gasteiger partial charge in [-0.05, 0) is 42.7 Å². The third-order valence-corrected chi connectivity index (χ3v) is 6.13. The Morgan fingerprint density at radius 3 is 1.92 bits per heavy atom. The second-order valence-electron chi connectivity index (χ2n) is 10.8. The number of amides is 3. The molecule has 0 aliphatic carbocycles. The Balaban J connectivity index is 2.26. The molecular formula is C29H41N3O4. The Bertz CT molecular complexity index is 971. The van der Waals surface area contributed by atoms with Gasteiger partial charge in [0.05, 0.1) is 18.4 Å². The lowest BCUT2D eigenvalue weighted by molar-refractivity contribution is -0.152. The van der Waals surface area contributed by atoms with E-state index in [0.29, 0.717) is 19.3 Å². The minimum absolute atomic E-state index is 0.129. The summed E-state index contributed by atoms with van der Waals surface area (Å²) in [5.74, 6) is -2.52. The molecule has 2 aromatic rings. The fraction of sp³-hybridized carbons (Fsp3) is 0.483. The number of hydrogen-bond acceptors (Lipinski definition) is 4. The van der Waals surface area contributed by atoms with Gasteiger partial charge in [-0.3, -0.25) is 25.0 Å². The van der Waals surface area contributed by atoms with Gasteiger partial charge in [-0.2, -0.15) is 0 Å². The van der Waals surface area contributed by atoms with E-state index in [9.17, 15) is 19.6 Å². The molecule has 0 radical (unpaired) electrons. The smallest absolute Gasteiger partial charge is 0.247 e. The van der Waals surface area contributed by atoms with Crippen LogP contribution in [0.15, 0.2) is 60.7 Å². The van der Waals surface area contributed by atoms with E-state index in [4.69, 9.17) is 0 Å². The summed E-state index contributed by atoms with van der Waals surface area (Å²) in [6, 6.07) is 19.4. The number of hydrogen-bond donors (Lipinski definition) is 3. The highest BCUT2D eigenvalue weighted by Crippen LogP contribution is 2.27. The van der Waals surface area contributed by atoms with Gasteiger partial charge in [-0.15, -0.1) is 0 Å². The minimum Gasteiger partial charge on any atom is -0.289 e. The van der Waals surface area contributed by atoms with Crippen molar-refractivity contribution in [3.63, 3.8) is 0 Å². The fourth-order valence-corrected chi connectivity index (χ4v) is 4.28. The summed E-state index contributed by atoms with van der Waals surface area (Å²) in [4.78, 5) is 39.6. The van der Waals surface area contributed by atoms with Gasteiger partial charge in [-0.1, -0.05) is 95.3 Å². The number of benzene rings is 2. The number of nitrogens with one attached hydrogen (secondary N) is 2. The highest BCUT2D eigenvalue weighted by molar-refractivity contribution is 5.89. The molecule has 0 bridgehead atoms. The Morgan fingerprint density at radius 2 is 1.42 bits per heavy atom. The van der Waals surface area contributed by atoms with Crippen LogP contribution in [-0.4, -0.2) is 27.9 Å². The van der Waals surface area contributed by atoms with Gasteiger partial charge >= 0.3 is 0 Å². The van der Waals surface area contributed by atoms with Crippen molar-refractivity contribution < 1.29 is 19.6 Å². The van der Waals surface area contributed by atoms with E-state index in [-0.39, 0.29) is 18.4 Å². The molecule has 1 unspecified atom stereocenters. The molecule has 0 spiro atoms. The first-order valence-corrected chi connectivity index (χ1v) is 12.7. The molecule has 0 aliphatic rings. The molecule has 2 atom stereocenters. The summed E-state index contributed by atoms with van der Waals surface area (Å²) < 4.78 is 0. The molecule has 0 fully saturated rings. The highest BCUT2D eigenvalue weighted by atomic mass is 16.5. The van der Waals surface area contributed by atoms with Crippen molar-refractivity contribution in [2.24, 2.45) is 23.2 Å². The van der Waals surface area contributed by atoms with Gasteiger partial charge in [0, 0.05) is 5.41 Å². The normalized spacial score (nSPS) is 13.1. The first-order valence-electron chi connectivity index (χ1n) is 12.7. The van der Waals surface area contributed by atoms with E-state index >= 15 is 0 Å². The molecule has 7 heteroatoms. The Kier molecular flexibility index (Phi) is 11.1. The first kappa shape index (κ1) is 29.0. The van der Waals surface area contributed by atoms with Crippen LogP contribution in [-0.2, 0) is 27.3 Å². The standard InChI is InChI=1S/C29H41N3O4/c1-21(2)19-25(24(27(34)31-36)18-12-17-22-13-8-6-9-14-22)26(33)30-32(28(35)29(3,4)5)20-23-15-10-7-11-16-23/h6-11,13-16,21,24-25,36H,12,17-20H2,1-5H3,(H,30,33)(H,31,34)/t24?,25-/m1/s1. The van der Waals surface area contributed by atoms with Gasteiger partial charge in [0.15, 0.2) is 0 Å². The first-order chi connectivity index (χ1) is 17.0. The number of carbonyl (C=O) groups excluding carboxylic acids is 3. The molecule has 2 rings (SSSR count). The average Bonchev–Trinajstić information content (AvgIpc) is 2.84. The number of hydroxylamine groups is 1. The molecule has 0 aromatic heterocycles. The van der Waals surface area contributed by atoms with Crippen LogP contribution >= 0.6 is 0 Å². The van der Waals surface area contributed by atoms with Gasteiger partial charge in [-0.25, -0.2) is 10.5 Å². The van der Waals surface area contributed by atoms with E-state index in [1.165, 1.54) is 5.01 Å². The zero-order valence-electron chi connectivity index (χ0n) is 22.2. The van der Waals surface area contributed by atoms with Gasteiger partial charge in [0.2, 0.25) is 17.7 Å². The average molecular weight is 496 g/mol. The number of carbonyl (C=O) groups is 3. The second kappa shape index (κ2) is 13.8. The molecule has 36 heavy (non-hydrogen) atoms. The van der Waals surface area contributed by atoms with Crippen LogP contribution in [0.1, 0.15) is 65.0 Å². The van der Waals surface area contributed by atoms with Crippen LogP contribution in [0.4, 0.5) is 0 Å². The Morgan fingerprint density at radius 1 is 0.861 bits per heavy atom. The Hall–Kier alpha value is -3.19. The largest absolute Gasteiger partial charge is 0.289 e. The maximum atomic E-state index is 13.6. The lowest BCUT2D eigenvalue weighted by Crippen LogP contribution is -2.53. The third kappa shape index (κ3) is 9.11. The summed E-state index contributed by atoms with van der Waals surface area (Å²) >= 11 is 0. The number of rotatable bonds is 11. The lowest BCUT2D eigenvalue weighted by Gasteiger charge is -2.33. The maximum absolute atomic E-state index is 13.6. The van der Waals surface area contributed by atoms with Gasteiger partial charge in [0.25, 0.3) is 0 Å². The predicted octanol–water partition coefficient (Wildman–Crippen LogP) is 4.90. The van der Waals surface area contributed by atoms with Crippen molar-refractivity contribution in [3.8, 4) is 0 Å². The zero-order chi connectivity index (χ0) is 26.7. The highest BCUT2D eigenvalue weighted by Gasteiger charge is 2.36. The molecular weight excluding hydrogens is 454 g/mol. The van der Waals surface area contributed by atoms with Crippen LogP contribution < -0.4 is 10.9 Å². The summed E-state index contributed by atoms with van der Waals surface area (Å²) in [7, 11) is 0. The summed E-state index contributed by atoms with van der Waals surface area (Å²) in [5.41, 5.74) is 5.90. The van der Waals surface area contributed by atoms with Crippen molar-refractivity contribution in [2.45, 2.75) is 66.8 Å². The number of hydrazine groups is 1. The predicted molar refractivity (Wildman–Crippen MR) is 140 cm³/mol. The summed E-state index contributed by atoms with van der Waals surface area (Å²) in [6.45, 7) is 9.59. The van der Waals surface area contributed by atoms with E-state index in [0.717, 1.165) is 17.5 Å². The van der Waals surface area contributed by atoms with Crippen molar-refractivity contribution in [2.75, 3.05) is 0 Å². The lowest BCUT2D eigenvalue weighted by atomic mass is 9.81. The van der Waals surface area contributed by atoms with Crippen molar-refractivity contribution in [1.82, 2.24) is 15.9 Å². The molecule has 0 saturated carbocycles. The zero-order valence-corrected chi connectivity index (χ0v) is 22.2. The Labute approximate surface area is 215 Å². The summed E-state index contributed by atoms with van der Waals surface area (Å²) in [5, 5.41) is 10.8. The van der Waals surface area contributed by atoms with Crippen LogP contribution in [0.3, 0.4) is 0 Å². The summed E-state index contributed by atoms with van der Waals surface area (Å²) in [6.07, 6.45) is 2.31. The molecule has 0 saturated heterocycles. The SMILES string of the molecule is CC(C)C[C@@H](C(=O)NN(Cc1ccccc1)C(=O)C(C)(C)C)C(CCCc1ccccc1)C(=O)NO. The van der Waals surface area contributed by atoms with Crippen LogP contribution in [0, 0.1) is 23.2 Å².